The number of hydrogen-bond acceptors (Lipinski definition) is 5. The van der Waals surface area contributed by atoms with Crippen LogP contribution in [0.2, 0.25) is 0 Å². The van der Waals surface area contributed by atoms with Gasteiger partial charge in [-0.05, 0) is 26.9 Å². The number of ether oxygens (including phenoxy) is 1. The second-order valence-electron chi connectivity index (χ2n) is 5.36. The molecule has 0 bridgehead atoms. The lowest BCUT2D eigenvalue weighted by molar-refractivity contribution is -0.138. The molecule has 116 valence electrons. The molecule has 20 heavy (non-hydrogen) atoms. The molecule has 7 nitrogen and oxygen atoms in total. The Bertz CT molecular complexity index is 317. The first-order valence-corrected chi connectivity index (χ1v) is 6.93. The number of nitrogens with one attached hydrogen (secondary N) is 1. The van der Waals surface area contributed by atoms with E-state index in [0.717, 1.165) is 19.4 Å². The van der Waals surface area contributed by atoms with Gasteiger partial charge in [-0.25, -0.2) is 0 Å². The maximum atomic E-state index is 11.9. The van der Waals surface area contributed by atoms with Gasteiger partial charge in [0.15, 0.2) is 0 Å². The Balaban J connectivity index is 2.37. The predicted octanol–water partition coefficient (Wildman–Crippen LogP) is -0.770. The highest BCUT2D eigenvalue weighted by molar-refractivity contribution is 5.79. The second-order valence-corrected chi connectivity index (χ2v) is 5.36. The van der Waals surface area contributed by atoms with E-state index in [1.165, 1.54) is 0 Å². The molecule has 0 unspecified atom stereocenters. The van der Waals surface area contributed by atoms with Crippen molar-refractivity contribution >= 4 is 11.9 Å². The van der Waals surface area contributed by atoms with Crippen molar-refractivity contribution in [2.75, 3.05) is 53.5 Å². The van der Waals surface area contributed by atoms with Crippen molar-refractivity contribution in [1.82, 2.24) is 15.1 Å². The number of carbonyl (C=O) groups is 2. The third kappa shape index (κ3) is 7.42. The van der Waals surface area contributed by atoms with Gasteiger partial charge in [-0.2, -0.15) is 0 Å². The molecule has 0 aromatic rings. The number of hydrogen-bond donors (Lipinski definition) is 2. The van der Waals surface area contributed by atoms with Crippen LogP contribution in [0.3, 0.4) is 0 Å². The summed E-state index contributed by atoms with van der Waals surface area (Å²) < 4.78 is 5.23. The van der Waals surface area contributed by atoms with E-state index in [9.17, 15) is 9.59 Å². The highest BCUT2D eigenvalue weighted by Crippen LogP contribution is 2.05. The smallest absolute Gasteiger partial charge is 0.317 e. The monoisotopic (exact) mass is 287 g/mol. The van der Waals surface area contributed by atoms with Crippen molar-refractivity contribution in [2.45, 2.75) is 18.9 Å². The average Bonchev–Trinajstić information content (AvgIpc) is 2.36. The molecular formula is C13H25N3O4. The number of carboxylic acid groups (broad SMARTS) is 1. The lowest BCUT2D eigenvalue weighted by atomic mass is 10.1. The molecule has 0 saturated carbocycles. The Morgan fingerprint density at radius 3 is 2.40 bits per heavy atom. The maximum Gasteiger partial charge on any atom is 0.317 e. The summed E-state index contributed by atoms with van der Waals surface area (Å²) in [6, 6.07) is 0.150. The number of rotatable bonds is 8. The van der Waals surface area contributed by atoms with E-state index in [0.29, 0.717) is 19.8 Å². The molecular weight excluding hydrogens is 262 g/mol. The summed E-state index contributed by atoms with van der Waals surface area (Å²) in [4.78, 5) is 26.4. The largest absolute Gasteiger partial charge is 0.480 e. The molecule has 0 radical (unpaired) electrons. The minimum absolute atomic E-state index is 0.114. The second kappa shape index (κ2) is 8.89. The zero-order chi connectivity index (χ0) is 15.0. The molecule has 1 saturated heterocycles. The maximum absolute atomic E-state index is 11.9. The molecule has 0 spiro atoms. The Morgan fingerprint density at radius 1 is 1.20 bits per heavy atom. The van der Waals surface area contributed by atoms with E-state index < -0.39 is 5.97 Å². The molecule has 2 N–H and O–H groups in total. The highest BCUT2D eigenvalue weighted by Gasteiger charge is 2.19. The Kier molecular flexibility index (Phi) is 7.50. The molecule has 0 aromatic heterocycles. The lowest BCUT2D eigenvalue weighted by Gasteiger charge is -2.26. The third-order valence-corrected chi connectivity index (χ3v) is 3.18. The Hall–Kier alpha value is -1.18. The molecule has 1 amide bonds. The quantitative estimate of drug-likeness (QED) is 0.610. The van der Waals surface area contributed by atoms with Gasteiger partial charge < -0.3 is 20.1 Å². The van der Waals surface area contributed by atoms with Crippen LogP contribution in [-0.4, -0.2) is 86.3 Å². The van der Waals surface area contributed by atoms with Crippen LogP contribution in [0.1, 0.15) is 12.8 Å². The first-order chi connectivity index (χ1) is 9.47. The third-order valence-electron chi connectivity index (χ3n) is 3.18. The minimum atomic E-state index is -0.914. The van der Waals surface area contributed by atoms with Crippen molar-refractivity contribution in [3.63, 3.8) is 0 Å². The van der Waals surface area contributed by atoms with Crippen LogP contribution in [0.5, 0.6) is 0 Å². The molecule has 0 atom stereocenters. The average molecular weight is 287 g/mol. The van der Waals surface area contributed by atoms with Gasteiger partial charge >= 0.3 is 5.97 Å². The summed E-state index contributed by atoms with van der Waals surface area (Å²) in [5.74, 6) is -1.03. The topological polar surface area (TPSA) is 82.1 Å². The van der Waals surface area contributed by atoms with Crippen molar-refractivity contribution in [3.05, 3.63) is 0 Å². The summed E-state index contributed by atoms with van der Waals surface area (Å²) in [6.45, 7) is 2.62. The summed E-state index contributed by atoms with van der Waals surface area (Å²) >= 11 is 0. The summed E-state index contributed by atoms with van der Waals surface area (Å²) in [5.41, 5.74) is 0. The standard InChI is InChI=1S/C13H25N3O4/c1-15(2)5-6-16(10-13(18)19)9-12(17)14-11-3-7-20-8-4-11/h11H,3-10H2,1-2H3,(H,14,17)(H,18,19). The van der Waals surface area contributed by atoms with E-state index in [-0.39, 0.29) is 25.0 Å². The number of likely N-dealkylation sites (N-methyl/N-ethyl adjacent to an activating group) is 1. The SMILES string of the molecule is CN(C)CCN(CC(=O)O)CC(=O)NC1CCOCC1. The van der Waals surface area contributed by atoms with Gasteiger partial charge in [-0.3, -0.25) is 14.5 Å². The van der Waals surface area contributed by atoms with E-state index in [1.54, 1.807) is 4.90 Å². The zero-order valence-electron chi connectivity index (χ0n) is 12.3. The van der Waals surface area contributed by atoms with Crippen LogP contribution in [0.4, 0.5) is 0 Å². The molecule has 7 heteroatoms. The summed E-state index contributed by atoms with van der Waals surface area (Å²) in [6.07, 6.45) is 1.64. The zero-order valence-corrected chi connectivity index (χ0v) is 12.3. The van der Waals surface area contributed by atoms with Crippen molar-refractivity contribution in [3.8, 4) is 0 Å². The number of carboxylic acids is 1. The van der Waals surface area contributed by atoms with Gasteiger partial charge in [-0.1, -0.05) is 0 Å². The number of amides is 1. The fourth-order valence-electron chi connectivity index (χ4n) is 2.07. The predicted molar refractivity (Wildman–Crippen MR) is 74.6 cm³/mol. The number of aliphatic carboxylic acids is 1. The van der Waals surface area contributed by atoms with E-state index in [1.807, 2.05) is 19.0 Å². The van der Waals surface area contributed by atoms with Crippen LogP contribution in [0.25, 0.3) is 0 Å². The molecule has 0 aliphatic carbocycles. The summed E-state index contributed by atoms with van der Waals surface area (Å²) in [5, 5.41) is 11.8. The van der Waals surface area contributed by atoms with Gasteiger partial charge in [0, 0.05) is 32.3 Å². The normalized spacial score (nSPS) is 16.6. The number of carbonyl (C=O) groups excluding carboxylic acids is 1. The van der Waals surface area contributed by atoms with Crippen LogP contribution in [-0.2, 0) is 14.3 Å². The molecule has 1 fully saturated rings. The highest BCUT2D eigenvalue weighted by atomic mass is 16.5. The molecule has 0 aromatic carbocycles. The van der Waals surface area contributed by atoms with Crippen LogP contribution >= 0.6 is 0 Å². The molecule has 1 rings (SSSR count). The number of nitrogens with zero attached hydrogens (tertiary/aromatic N) is 2. The van der Waals surface area contributed by atoms with Gasteiger partial charge in [-0.15, -0.1) is 0 Å². The van der Waals surface area contributed by atoms with Crippen LogP contribution < -0.4 is 5.32 Å². The fourth-order valence-corrected chi connectivity index (χ4v) is 2.07. The van der Waals surface area contributed by atoms with Gasteiger partial charge in [0.05, 0.1) is 13.1 Å². The van der Waals surface area contributed by atoms with Crippen molar-refractivity contribution in [2.24, 2.45) is 0 Å². The van der Waals surface area contributed by atoms with Gasteiger partial charge in [0.2, 0.25) is 5.91 Å². The molecule has 1 aliphatic heterocycles. The van der Waals surface area contributed by atoms with Crippen LogP contribution in [0.15, 0.2) is 0 Å². The lowest BCUT2D eigenvalue weighted by Crippen LogP contribution is -2.46. The van der Waals surface area contributed by atoms with Gasteiger partial charge in [0.1, 0.15) is 0 Å². The van der Waals surface area contributed by atoms with Crippen LogP contribution in [0, 0.1) is 0 Å². The molecule has 1 heterocycles. The summed E-state index contributed by atoms with van der Waals surface area (Å²) in [7, 11) is 3.84. The first kappa shape index (κ1) is 16.9. The molecule has 1 aliphatic rings. The van der Waals surface area contributed by atoms with Gasteiger partial charge in [0.25, 0.3) is 0 Å². The first-order valence-electron chi connectivity index (χ1n) is 6.93. The fraction of sp³-hybridized carbons (Fsp3) is 0.846. The van der Waals surface area contributed by atoms with E-state index in [2.05, 4.69) is 5.32 Å². The Labute approximate surface area is 119 Å². The van der Waals surface area contributed by atoms with Crippen molar-refractivity contribution in [1.29, 1.82) is 0 Å². The van der Waals surface area contributed by atoms with Crippen molar-refractivity contribution < 1.29 is 19.4 Å². The van der Waals surface area contributed by atoms with E-state index in [4.69, 9.17) is 9.84 Å². The Morgan fingerprint density at radius 2 is 1.85 bits per heavy atom. The minimum Gasteiger partial charge on any atom is -0.480 e. The van der Waals surface area contributed by atoms with E-state index >= 15 is 0 Å².